The highest BCUT2D eigenvalue weighted by Gasteiger charge is 2.42. The molecule has 1 aromatic carbocycles. The lowest BCUT2D eigenvalue weighted by Gasteiger charge is -2.47. The van der Waals surface area contributed by atoms with E-state index >= 15 is 0 Å². The fraction of sp³-hybridized carbons (Fsp3) is 0.200. The third-order valence-corrected chi connectivity index (χ3v) is 21.3. The summed E-state index contributed by atoms with van der Waals surface area (Å²) in [5.41, 5.74) is 39.7. The maximum Gasteiger partial charge on any atom is 0.263 e. The zero-order valence-corrected chi connectivity index (χ0v) is 68.3. The first-order chi connectivity index (χ1) is 62.9. The number of halogens is 5. The number of aryl methyl sites for hydroxylation is 2. The molecule has 0 unspecified atom stereocenters. The number of imidazole rings is 1. The fourth-order valence-corrected chi connectivity index (χ4v) is 14.8. The van der Waals surface area contributed by atoms with Crippen LogP contribution >= 0.6 is 0 Å². The summed E-state index contributed by atoms with van der Waals surface area (Å²) in [5.74, 6) is -5.21. The van der Waals surface area contributed by atoms with Gasteiger partial charge in [-0.2, -0.15) is 51.0 Å². The quantitative estimate of drug-likeness (QED) is 0.0465. The average molecular weight is 1770 g/mol. The molecule has 45 nitrogen and oxygen atoms in total. The van der Waals surface area contributed by atoms with E-state index in [0.29, 0.717) is 50.9 Å². The molecule has 50 heteroatoms. The van der Waals surface area contributed by atoms with Gasteiger partial charge in [0.2, 0.25) is 0 Å². The number of carbonyl (C=O) groups excluding carboxylic acids is 5. The molecular weight excluding hydrogens is 1700 g/mol. The van der Waals surface area contributed by atoms with Gasteiger partial charge in [0.25, 0.3) is 29.5 Å². The maximum atomic E-state index is 13.4. The summed E-state index contributed by atoms with van der Waals surface area (Å²) in [6.45, 7) is 7.09. The minimum absolute atomic E-state index is 0.0180. The molecule has 3 aliphatic heterocycles. The van der Waals surface area contributed by atoms with Crippen LogP contribution < -0.4 is 65.1 Å². The molecule has 658 valence electrons. The van der Waals surface area contributed by atoms with Crippen LogP contribution in [-0.4, -0.2) is 202 Å². The van der Waals surface area contributed by atoms with Gasteiger partial charge in [-0.05, 0) is 62.5 Å². The Morgan fingerprint density at radius 3 is 1.09 bits per heavy atom. The number of aromatic nitrogens is 27. The van der Waals surface area contributed by atoms with Crippen molar-refractivity contribution in [2.24, 2.45) is 12.5 Å². The van der Waals surface area contributed by atoms with Crippen molar-refractivity contribution in [3.63, 3.8) is 0 Å². The number of nitrogens with two attached hydrogens (primary N) is 5. The predicted molar refractivity (Wildman–Crippen MR) is 457 cm³/mol. The number of anilines is 12. The van der Waals surface area contributed by atoms with Gasteiger partial charge in [-0.15, -0.1) is 25.5 Å². The highest BCUT2D eigenvalue weighted by Crippen LogP contribution is 2.44. The second-order valence-electron chi connectivity index (χ2n) is 30.0. The van der Waals surface area contributed by atoms with E-state index in [1.54, 1.807) is 41.9 Å². The number of nitrogens with one attached hydrogen (secondary N) is 5. The molecule has 3 saturated heterocycles. The lowest BCUT2D eigenvalue weighted by Crippen LogP contribution is -2.51. The largest absolute Gasteiger partial charge is 0.381 e. The molecule has 0 radical (unpaired) electrons. The number of rotatable bonds is 15. The van der Waals surface area contributed by atoms with E-state index in [1.165, 1.54) is 37.2 Å². The van der Waals surface area contributed by atoms with Crippen LogP contribution in [0.3, 0.4) is 0 Å². The second-order valence-corrected chi connectivity index (χ2v) is 30.0. The third kappa shape index (κ3) is 17.7. The lowest BCUT2D eigenvalue weighted by molar-refractivity contribution is -0.124. The number of nitrogen functional groups attached to an aromatic ring is 5. The smallest absolute Gasteiger partial charge is 0.263 e. The topological polar surface area (TPSA) is 589 Å². The molecule has 0 bridgehead atoms. The number of carbonyl (C=O) groups is 5. The molecule has 1 aliphatic carbocycles. The van der Waals surface area contributed by atoms with Gasteiger partial charge in [-0.25, -0.2) is 74.4 Å². The summed E-state index contributed by atoms with van der Waals surface area (Å²) >= 11 is 0. The van der Waals surface area contributed by atoms with E-state index in [4.69, 9.17) is 33.4 Å². The number of piperidine rings is 1. The van der Waals surface area contributed by atoms with Crippen molar-refractivity contribution in [1.29, 1.82) is 0 Å². The summed E-state index contributed by atoms with van der Waals surface area (Å²) in [7, 11) is 1.82. The number of benzene rings is 1. The first kappa shape index (κ1) is 84.7. The van der Waals surface area contributed by atoms with E-state index in [0.717, 1.165) is 196 Å². The predicted octanol–water partition coefficient (Wildman–Crippen LogP) is 6.93. The first-order valence-corrected chi connectivity index (χ1v) is 39.6. The van der Waals surface area contributed by atoms with Crippen LogP contribution in [0, 0.1) is 41.4 Å². The Labute approximate surface area is 727 Å². The minimum Gasteiger partial charge on any atom is -0.381 e. The van der Waals surface area contributed by atoms with Gasteiger partial charge in [0.1, 0.15) is 27.8 Å². The van der Waals surface area contributed by atoms with Gasteiger partial charge >= 0.3 is 0 Å². The summed E-state index contributed by atoms with van der Waals surface area (Å²) in [4.78, 5) is 91.7. The number of hydrogen-bond acceptors (Lipinski definition) is 34. The first-order valence-electron chi connectivity index (χ1n) is 39.6. The molecule has 130 heavy (non-hydrogen) atoms. The van der Waals surface area contributed by atoms with Crippen LogP contribution in [0.5, 0.6) is 0 Å². The van der Waals surface area contributed by atoms with Crippen LogP contribution in [0.2, 0.25) is 0 Å². The van der Waals surface area contributed by atoms with Crippen LogP contribution in [0.4, 0.5) is 90.9 Å². The van der Waals surface area contributed by atoms with Crippen LogP contribution in [0.15, 0.2) is 161 Å². The molecule has 1 spiro atoms. The minimum atomic E-state index is -0.594. The van der Waals surface area contributed by atoms with Gasteiger partial charge in [-0.1, -0.05) is 24.3 Å². The zero-order chi connectivity index (χ0) is 90.6. The molecule has 17 aromatic rings. The van der Waals surface area contributed by atoms with Gasteiger partial charge < -0.3 is 74.4 Å². The Balaban J connectivity index is 0.000000114. The van der Waals surface area contributed by atoms with Crippen LogP contribution in [0.25, 0.3) is 50.6 Å². The van der Waals surface area contributed by atoms with E-state index in [-0.39, 0.29) is 85.1 Å². The third-order valence-electron chi connectivity index (χ3n) is 21.3. The summed E-state index contributed by atoms with van der Waals surface area (Å²) in [6, 6.07) is 7.71. The van der Waals surface area contributed by atoms with E-state index in [1.807, 2.05) is 38.2 Å². The van der Waals surface area contributed by atoms with Crippen molar-refractivity contribution >= 4 is 127 Å². The normalized spacial score (nSPS) is 13.7. The molecule has 21 rings (SSSR count). The number of nitrogens with zero attached hydrogens (tertiary/aromatic N) is 29. The average Bonchev–Trinajstić information content (AvgIpc) is 1.38. The van der Waals surface area contributed by atoms with Crippen LogP contribution in [0.1, 0.15) is 107 Å². The molecule has 16 aromatic heterocycles. The summed E-state index contributed by atoms with van der Waals surface area (Å²) in [5, 5.41) is 72.2. The van der Waals surface area contributed by atoms with E-state index in [2.05, 4.69) is 143 Å². The molecule has 4 aliphatic rings. The van der Waals surface area contributed by atoms with Crippen LogP contribution in [-0.2, 0) is 11.8 Å². The Kier molecular flexibility index (Phi) is 23.4. The van der Waals surface area contributed by atoms with Crippen molar-refractivity contribution in [1.82, 2.24) is 134 Å². The highest BCUT2D eigenvalue weighted by molar-refractivity contribution is 6.16. The fourth-order valence-electron chi connectivity index (χ4n) is 14.8. The highest BCUT2D eigenvalue weighted by atomic mass is 19.1. The SMILES string of the molecule is Cc1ccccc1-c1cnncc1NC(=O)c1c(N)nn2cc(F)cnc12.Cn1cncc1-c1cnncc1NC(=O)c1c(N)nn2cc(F)cnc12.Nc1nn2cc(F)cnc2c1C(=O)Nc1cnncc1C1CC1.Nc1nn2cc(F)cnc2c1C(=O)Nc1cnncc1N1CCC2(CC1)COC2.Nc1nn2cc(F)cnc2c1C(=O)Nc1cnncc1N1CCCC1. The van der Waals surface area contributed by atoms with Gasteiger partial charge in [0.05, 0.1) is 195 Å². The molecule has 5 amide bonds. The van der Waals surface area contributed by atoms with Gasteiger partial charge in [-0.3, -0.25) is 24.0 Å². The van der Waals surface area contributed by atoms with Crippen molar-refractivity contribution in [3.05, 3.63) is 229 Å². The molecule has 15 N–H and O–H groups in total. The van der Waals surface area contributed by atoms with Crippen molar-refractivity contribution in [3.8, 4) is 22.4 Å². The molecule has 4 fully saturated rings. The Bertz CT molecular complexity index is 7220. The lowest BCUT2D eigenvalue weighted by atomic mass is 9.77. The Hall–Kier alpha value is -17.5. The van der Waals surface area contributed by atoms with Crippen molar-refractivity contribution < 1.29 is 50.7 Å². The number of fused-ring (bicyclic) bond motifs is 5. The standard InChI is InChI=1S/C18H19FN8O2.C18H14FN7O.C15H12FN9O.C15H15FN8O.C14H12FN7O/c19-11-5-21-16-14(15(20)25-27(16)8-11)17(28)24-12-6-22-23-7-13(12)26-3-1-18(2-4-26)9-29-10-18;1-10-4-2-3-5-12(10)13-7-22-23-8-14(13)24-18(27)15-16(20)25-26-9-11(19)6-21-17(15)26;1-24-7-18-5-11(24)9-3-20-21-4-10(9)22-15(26)12-13(17)23-25-6-8(16)2-19-14(12)25;16-9-5-18-14-12(13(17)22-24(14)8-9)15(25)21-10-6-19-20-7-11(10)23-3-1-2-4-23;15-8-3-17-13-11(12(16)21-22(13)6-8)14(23)20-10-5-19-18-4-9(10)7-1-2-7/h5-8H,1-4,9-10H2,(H2,20,25)(H,23,24,28);2-9H,1H3,(H2,20,25)(H,22,24,27);2-7H,1H3,(H2,17,23)(H,20,22,26);5-8H,1-4H2,(H2,17,22)(H,20,21,25);3-7H,1-2H2,(H2,16,21)(H,18,20,23). The van der Waals surface area contributed by atoms with Gasteiger partial charge in [0, 0.05) is 55.3 Å². The molecule has 19 heterocycles. The second kappa shape index (κ2) is 36.0. The number of amides is 5. The zero-order valence-electron chi connectivity index (χ0n) is 68.3. The molecular formula is C80H72F5N39O6. The monoisotopic (exact) mass is 1770 g/mol. The van der Waals surface area contributed by atoms with E-state index in [9.17, 15) is 45.9 Å². The number of hydrogen-bond donors (Lipinski definition) is 10. The van der Waals surface area contributed by atoms with E-state index < -0.39 is 58.6 Å². The van der Waals surface area contributed by atoms with Crippen molar-refractivity contribution in [2.75, 3.05) is 104 Å². The summed E-state index contributed by atoms with van der Waals surface area (Å²) < 4.78 is 79.3. The van der Waals surface area contributed by atoms with Crippen molar-refractivity contribution in [2.45, 2.75) is 51.4 Å². The molecule has 0 atom stereocenters. The summed E-state index contributed by atoms with van der Waals surface area (Å²) in [6.07, 6.45) is 35.5. The van der Waals surface area contributed by atoms with Gasteiger partial charge in [0.15, 0.2) is 86.4 Å². The molecule has 1 saturated carbocycles. The Morgan fingerprint density at radius 2 is 0.723 bits per heavy atom. The Morgan fingerprint density at radius 1 is 0.392 bits per heavy atom. The maximum absolute atomic E-state index is 13.4. The number of ether oxygens (including phenoxy) is 1.